The van der Waals surface area contributed by atoms with Crippen molar-refractivity contribution in [1.82, 2.24) is 0 Å². The lowest BCUT2D eigenvalue weighted by Gasteiger charge is -2.33. The van der Waals surface area contributed by atoms with Crippen molar-refractivity contribution in [3.05, 3.63) is 65.2 Å². The number of hydrogen-bond acceptors (Lipinski definition) is 3. The number of esters is 1. The molecular formula is C19H19NO3. The second kappa shape index (κ2) is 5.88. The van der Waals surface area contributed by atoms with Crippen LogP contribution in [0.5, 0.6) is 0 Å². The van der Waals surface area contributed by atoms with Crippen molar-refractivity contribution < 1.29 is 14.3 Å². The van der Waals surface area contributed by atoms with Crippen LogP contribution in [0.4, 0.5) is 5.69 Å². The van der Waals surface area contributed by atoms with Gasteiger partial charge in [-0.2, -0.15) is 0 Å². The molecule has 1 heterocycles. The first-order valence-electron chi connectivity index (χ1n) is 7.73. The van der Waals surface area contributed by atoms with E-state index in [1.54, 1.807) is 25.1 Å². The molecule has 0 aliphatic carbocycles. The molecular weight excluding hydrogens is 290 g/mol. The molecule has 2 aromatic rings. The van der Waals surface area contributed by atoms with E-state index >= 15 is 0 Å². The molecule has 1 unspecified atom stereocenters. The number of carbonyl (C=O) groups is 2. The molecule has 1 atom stereocenters. The highest BCUT2D eigenvalue weighted by atomic mass is 16.6. The molecule has 1 amide bonds. The van der Waals surface area contributed by atoms with Crippen molar-refractivity contribution in [3.63, 3.8) is 0 Å². The molecule has 0 radical (unpaired) electrons. The average Bonchev–Trinajstić information content (AvgIpc) is 2.55. The van der Waals surface area contributed by atoms with Gasteiger partial charge < -0.3 is 10.1 Å². The third-order valence-corrected chi connectivity index (χ3v) is 4.16. The van der Waals surface area contributed by atoms with E-state index in [0.29, 0.717) is 17.7 Å². The lowest BCUT2D eigenvalue weighted by atomic mass is 9.88. The van der Waals surface area contributed by atoms with Gasteiger partial charge in [0.05, 0.1) is 5.56 Å². The van der Waals surface area contributed by atoms with Gasteiger partial charge >= 0.3 is 5.97 Å². The number of carbonyl (C=O) groups excluding carboxylic acids is 2. The third kappa shape index (κ3) is 2.97. The van der Waals surface area contributed by atoms with Crippen molar-refractivity contribution in [2.45, 2.75) is 32.3 Å². The molecule has 0 spiro atoms. The summed E-state index contributed by atoms with van der Waals surface area (Å²) in [5.41, 5.74) is 2.04. The van der Waals surface area contributed by atoms with E-state index in [4.69, 9.17) is 4.74 Å². The van der Waals surface area contributed by atoms with Crippen LogP contribution in [-0.4, -0.2) is 17.5 Å². The molecule has 118 valence electrons. The maximum atomic E-state index is 12.6. The summed E-state index contributed by atoms with van der Waals surface area (Å²) >= 11 is 0. The van der Waals surface area contributed by atoms with Crippen molar-refractivity contribution in [1.29, 1.82) is 0 Å². The highest BCUT2D eigenvalue weighted by Gasteiger charge is 2.42. The smallest absolute Gasteiger partial charge is 0.339 e. The molecule has 0 fully saturated rings. The van der Waals surface area contributed by atoms with Crippen LogP contribution in [0.2, 0.25) is 0 Å². The minimum atomic E-state index is -1.20. The first kappa shape index (κ1) is 15.3. The van der Waals surface area contributed by atoms with Crippen LogP contribution < -0.4 is 5.32 Å². The van der Waals surface area contributed by atoms with E-state index < -0.39 is 11.6 Å². The fourth-order valence-electron chi connectivity index (χ4n) is 2.78. The quantitative estimate of drug-likeness (QED) is 0.885. The number of hydrogen-bond donors (Lipinski definition) is 1. The van der Waals surface area contributed by atoms with Crippen LogP contribution in [-0.2, 0) is 22.4 Å². The molecule has 0 aromatic heterocycles. The number of para-hydroxylation sites is 1. The molecule has 4 heteroatoms. The Morgan fingerprint density at radius 1 is 1.22 bits per heavy atom. The molecule has 1 aliphatic heterocycles. The zero-order valence-electron chi connectivity index (χ0n) is 13.3. The van der Waals surface area contributed by atoms with Gasteiger partial charge in [0, 0.05) is 12.1 Å². The molecule has 23 heavy (non-hydrogen) atoms. The van der Waals surface area contributed by atoms with E-state index in [1.165, 1.54) is 0 Å². The number of rotatable bonds is 3. The van der Waals surface area contributed by atoms with Gasteiger partial charge in [0.2, 0.25) is 0 Å². The molecule has 0 saturated heterocycles. The largest absolute Gasteiger partial charge is 0.445 e. The number of aryl methyl sites for hydroxylation is 1. The van der Waals surface area contributed by atoms with E-state index in [1.807, 2.05) is 30.3 Å². The molecule has 2 aromatic carbocycles. The van der Waals surface area contributed by atoms with Crippen LogP contribution in [0.15, 0.2) is 48.5 Å². The Morgan fingerprint density at radius 2 is 1.96 bits per heavy atom. The number of benzene rings is 2. The zero-order valence-corrected chi connectivity index (χ0v) is 13.3. The van der Waals surface area contributed by atoms with E-state index in [-0.39, 0.29) is 5.91 Å². The van der Waals surface area contributed by atoms with Gasteiger partial charge in [-0.1, -0.05) is 37.3 Å². The SMILES string of the molecule is CCc1ccc2c(c1)CC(C)(C(=O)Nc1ccccc1)OC2=O. The fourth-order valence-corrected chi connectivity index (χ4v) is 2.78. The van der Waals surface area contributed by atoms with Gasteiger partial charge in [0.25, 0.3) is 5.91 Å². The third-order valence-electron chi connectivity index (χ3n) is 4.16. The van der Waals surface area contributed by atoms with Crippen LogP contribution in [0.1, 0.15) is 35.3 Å². The van der Waals surface area contributed by atoms with Gasteiger partial charge in [-0.05, 0) is 42.7 Å². The maximum Gasteiger partial charge on any atom is 0.339 e. The number of anilines is 1. The summed E-state index contributed by atoms with van der Waals surface area (Å²) in [6.45, 7) is 3.72. The second-order valence-electron chi connectivity index (χ2n) is 5.96. The number of cyclic esters (lactones) is 1. The Hall–Kier alpha value is -2.62. The highest BCUT2D eigenvalue weighted by molar-refractivity contribution is 6.02. The van der Waals surface area contributed by atoms with Gasteiger partial charge in [0.15, 0.2) is 5.60 Å². The van der Waals surface area contributed by atoms with E-state index in [0.717, 1.165) is 17.5 Å². The van der Waals surface area contributed by atoms with Gasteiger partial charge in [-0.25, -0.2) is 4.79 Å². The molecule has 0 bridgehead atoms. The molecule has 0 saturated carbocycles. The van der Waals surface area contributed by atoms with Gasteiger partial charge in [0.1, 0.15) is 0 Å². The highest BCUT2D eigenvalue weighted by Crippen LogP contribution is 2.30. The van der Waals surface area contributed by atoms with Crippen LogP contribution in [0.25, 0.3) is 0 Å². The van der Waals surface area contributed by atoms with Crippen LogP contribution >= 0.6 is 0 Å². The average molecular weight is 309 g/mol. The Bertz CT molecular complexity index is 754. The van der Waals surface area contributed by atoms with Gasteiger partial charge in [-0.3, -0.25) is 4.79 Å². The van der Waals surface area contributed by atoms with E-state index in [9.17, 15) is 9.59 Å². The summed E-state index contributed by atoms with van der Waals surface area (Å²) in [6, 6.07) is 14.9. The second-order valence-corrected chi connectivity index (χ2v) is 5.96. The summed E-state index contributed by atoms with van der Waals surface area (Å²) in [6.07, 6.45) is 1.26. The fraction of sp³-hybridized carbons (Fsp3) is 0.263. The molecule has 4 nitrogen and oxygen atoms in total. The minimum Gasteiger partial charge on any atom is -0.445 e. The summed E-state index contributed by atoms with van der Waals surface area (Å²) in [4.78, 5) is 24.9. The Morgan fingerprint density at radius 3 is 2.65 bits per heavy atom. The monoisotopic (exact) mass is 309 g/mol. The Labute approximate surface area is 135 Å². The summed E-state index contributed by atoms with van der Waals surface area (Å²) in [7, 11) is 0. The number of ether oxygens (including phenoxy) is 1. The normalized spacial score (nSPS) is 19.7. The zero-order chi connectivity index (χ0) is 16.4. The number of amides is 1. The van der Waals surface area contributed by atoms with Crippen molar-refractivity contribution >= 4 is 17.6 Å². The number of fused-ring (bicyclic) bond motifs is 1. The Balaban J connectivity index is 1.87. The standard InChI is InChI=1S/C19H19NO3/c1-3-13-9-10-16-14(11-13)12-19(2,23-17(16)21)18(22)20-15-7-5-4-6-8-15/h4-11H,3,12H2,1-2H3,(H,20,22). The molecule has 3 rings (SSSR count). The molecule has 1 N–H and O–H groups in total. The van der Waals surface area contributed by atoms with Crippen molar-refractivity contribution in [2.75, 3.05) is 5.32 Å². The predicted octanol–water partition coefficient (Wildman–Crippen LogP) is 3.36. The lowest BCUT2D eigenvalue weighted by molar-refractivity contribution is -0.134. The first-order chi connectivity index (χ1) is 11.0. The van der Waals surface area contributed by atoms with Crippen LogP contribution in [0, 0.1) is 0 Å². The lowest BCUT2D eigenvalue weighted by Crippen LogP contribution is -2.48. The topological polar surface area (TPSA) is 55.4 Å². The number of nitrogens with one attached hydrogen (secondary N) is 1. The Kier molecular flexibility index (Phi) is 3.90. The molecule has 1 aliphatic rings. The van der Waals surface area contributed by atoms with Gasteiger partial charge in [-0.15, -0.1) is 0 Å². The van der Waals surface area contributed by atoms with E-state index in [2.05, 4.69) is 12.2 Å². The first-order valence-corrected chi connectivity index (χ1v) is 7.73. The summed E-state index contributed by atoms with van der Waals surface area (Å²) in [5, 5.41) is 2.82. The minimum absolute atomic E-state index is 0.315. The summed E-state index contributed by atoms with van der Waals surface area (Å²) in [5.74, 6) is -0.760. The van der Waals surface area contributed by atoms with Crippen molar-refractivity contribution in [3.8, 4) is 0 Å². The predicted molar refractivity (Wildman–Crippen MR) is 88.4 cm³/mol. The van der Waals surface area contributed by atoms with Crippen LogP contribution in [0.3, 0.4) is 0 Å². The summed E-state index contributed by atoms with van der Waals surface area (Å²) < 4.78 is 5.46. The maximum absolute atomic E-state index is 12.6. The van der Waals surface area contributed by atoms with Crippen molar-refractivity contribution in [2.24, 2.45) is 0 Å².